The molecule has 0 atom stereocenters. The third-order valence-corrected chi connectivity index (χ3v) is 2.82. The first-order chi connectivity index (χ1) is 7.65. The second kappa shape index (κ2) is 4.00. The number of rotatable bonds is 3. The van der Waals surface area contributed by atoms with Crippen molar-refractivity contribution in [3.05, 3.63) is 35.5 Å². The van der Waals surface area contributed by atoms with Crippen LogP contribution in [0.3, 0.4) is 0 Å². The van der Waals surface area contributed by atoms with Gasteiger partial charge in [-0.15, -0.1) is 0 Å². The number of hydrogen-bond acceptors (Lipinski definition) is 1. The Balaban J connectivity index is 2.77. The lowest BCUT2D eigenvalue weighted by molar-refractivity contribution is 0.0698. The SMILES string of the molecule is CCCn1ccc2ccc(C)c(C(=O)O)c21. The topological polar surface area (TPSA) is 42.2 Å². The number of carbonyl (C=O) groups is 1. The number of nitrogens with zero attached hydrogens (tertiary/aromatic N) is 1. The Morgan fingerprint density at radius 1 is 1.38 bits per heavy atom. The summed E-state index contributed by atoms with van der Waals surface area (Å²) in [6, 6.07) is 5.81. The van der Waals surface area contributed by atoms with Gasteiger partial charge in [0.1, 0.15) is 0 Å². The molecule has 1 N–H and O–H groups in total. The molecule has 0 aliphatic rings. The molecule has 0 fully saturated rings. The molecule has 0 bridgehead atoms. The molecule has 0 saturated heterocycles. The third-order valence-electron chi connectivity index (χ3n) is 2.82. The van der Waals surface area contributed by atoms with Crippen LogP contribution in [0.25, 0.3) is 10.9 Å². The van der Waals surface area contributed by atoms with Gasteiger partial charge in [0.05, 0.1) is 11.1 Å². The average molecular weight is 217 g/mol. The van der Waals surface area contributed by atoms with Crippen molar-refractivity contribution < 1.29 is 9.90 Å². The largest absolute Gasteiger partial charge is 0.478 e. The molecule has 2 rings (SSSR count). The highest BCUT2D eigenvalue weighted by Crippen LogP contribution is 2.23. The number of aromatic carboxylic acids is 1. The highest BCUT2D eigenvalue weighted by molar-refractivity contribution is 6.03. The molecule has 0 radical (unpaired) electrons. The fraction of sp³-hybridized carbons (Fsp3) is 0.308. The van der Waals surface area contributed by atoms with E-state index in [1.165, 1.54) is 0 Å². The van der Waals surface area contributed by atoms with Gasteiger partial charge in [0.25, 0.3) is 0 Å². The maximum absolute atomic E-state index is 11.3. The fourth-order valence-corrected chi connectivity index (χ4v) is 2.09. The summed E-state index contributed by atoms with van der Waals surface area (Å²) in [5.74, 6) is -0.848. The Morgan fingerprint density at radius 3 is 2.75 bits per heavy atom. The molecular formula is C13H15NO2. The molecule has 0 amide bonds. The number of carboxylic acids is 1. The van der Waals surface area contributed by atoms with E-state index in [0.717, 1.165) is 29.4 Å². The summed E-state index contributed by atoms with van der Waals surface area (Å²) < 4.78 is 2.02. The summed E-state index contributed by atoms with van der Waals surface area (Å²) in [5.41, 5.74) is 2.08. The van der Waals surface area contributed by atoms with Crippen LogP contribution in [0.5, 0.6) is 0 Å². The van der Waals surface area contributed by atoms with Crippen LogP contribution in [0.1, 0.15) is 29.3 Å². The van der Waals surface area contributed by atoms with Crippen molar-refractivity contribution in [1.29, 1.82) is 0 Å². The molecule has 1 heterocycles. The van der Waals surface area contributed by atoms with Crippen molar-refractivity contribution in [2.75, 3.05) is 0 Å². The first kappa shape index (κ1) is 10.7. The van der Waals surface area contributed by atoms with E-state index in [0.29, 0.717) is 5.56 Å². The van der Waals surface area contributed by atoms with Gasteiger partial charge in [0.15, 0.2) is 0 Å². The van der Waals surface area contributed by atoms with Crippen LogP contribution in [-0.4, -0.2) is 15.6 Å². The van der Waals surface area contributed by atoms with E-state index in [2.05, 4.69) is 6.92 Å². The lowest BCUT2D eigenvalue weighted by Crippen LogP contribution is -2.05. The van der Waals surface area contributed by atoms with E-state index < -0.39 is 5.97 Å². The third kappa shape index (κ3) is 1.58. The van der Waals surface area contributed by atoms with E-state index in [1.54, 1.807) is 0 Å². The number of aromatic nitrogens is 1. The van der Waals surface area contributed by atoms with Gasteiger partial charge < -0.3 is 9.67 Å². The lowest BCUT2D eigenvalue weighted by Gasteiger charge is -2.08. The normalized spacial score (nSPS) is 10.9. The summed E-state index contributed by atoms with van der Waals surface area (Å²) in [5, 5.41) is 10.3. The molecule has 0 aliphatic heterocycles. The fourth-order valence-electron chi connectivity index (χ4n) is 2.09. The number of fused-ring (bicyclic) bond motifs is 1. The Hall–Kier alpha value is -1.77. The molecule has 84 valence electrons. The van der Waals surface area contributed by atoms with Crippen molar-refractivity contribution in [2.45, 2.75) is 26.8 Å². The van der Waals surface area contributed by atoms with E-state index in [9.17, 15) is 9.90 Å². The minimum Gasteiger partial charge on any atom is -0.478 e. The number of aryl methyl sites for hydroxylation is 2. The van der Waals surface area contributed by atoms with E-state index >= 15 is 0 Å². The summed E-state index contributed by atoms with van der Waals surface area (Å²) in [7, 11) is 0. The van der Waals surface area contributed by atoms with Crippen molar-refractivity contribution >= 4 is 16.9 Å². The van der Waals surface area contributed by atoms with E-state index in [4.69, 9.17) is 0 Å². The zero-order valence-corrected chi connectivity index (χ0v) is 9.53. The van der Waals surface area contributed by atoms with Gasteiger partial charge in [-0.2, -0.15) is 0 Å². The molecule has 3 heteroatoms. The van der Waals surface area contributed by atoms with Crippen LogP contribution in [-0.2, 0) is 6.54 Å². The summed E-state index contributed by atoms with van der Waals surface area (Å²) in [6.45, 7) is 4.78. The van der Waals surface area contributed by atoms with Crippen LogP contribution in [0.15, 0.2) is 24.4 Å². The standard InChI is InChI=1S/C13H15NO2/c1-3-7-14-8-6-10-5-4-9(2)11(12(10)14)13(15)16/h4-6,8H,3,7H2,1-2H3,(H,15,16). The first-order valence-electron chi connectivity index (χ1n) is 5.47. The molecule has 1 aromatic carbocycles. The predicted octanol–water partition coefficient (Wildman–Crippen LogP) is 3.06. The van der Waals surface area contributed by atoms with Gasteiger partial charge in [-0.25, -0.2) is 4.79 Å². The molecule has 16 heavy (non-hydrogen) atoms. The molecular weight excluding hydrogens is 202 g/mol. The van der Waals surface area contributed by atoms with Gasteiger partial charge >= 0.3 is 5.97 Å². The number of hydrogen-bond donors (Lipinski definition) is 1. The Labute approximate surface area is 94.3 Å². The van der Waals surface area contributed by atoms with Crippen LogP contribution >= 0.6 is 0 Å². The van der Waals surface area contributed by atoms with Gasteiger partial charge in [-0.05, 0) is 25.0 Å². The maximum atomic E-state index is 11.3. The number of benzene rings is 1. The summed E-state index contributed by atoms with van der Waals surface area (Å²) >= 11 is 0. The molecule has 0 unspecified atom stereocenters. The zero-order chi connectivity index (χ0) is 11.7. The second-order valence-electron chi connectivity index (χ2n) is 4.01. The van der Waals surface area contributed by atoms with E-state index in [-0.39, 0.29) is 0 Å². The quantitative estimate of drug-likeness (QED) is 0.858. The molecule has 3 nitrogen and oxygen atoms in total. The average Bonchev–Trinajstić information content (AvgIpc) is 2.61. The van der Waals surface area contributed by atoms with Gasteiger partial charge in [-0.1, -0.05) is 19.1 Å². The molecule has 0 saturated carbocycles. The van der Waals surface area contributed by atoms with E-state index in [1.807, 2.05) is 35.9 Å². The Bertz CT molecular complexity index is 540. The van der Waals surface area contributed by atoms with Gasteiger partial charge in [-0.3, -0.25) is 0 Å². The monoisotopic (exact) mass is 217 g/mol. The van der Waals surface area contributed by atoms with Crippen molar-refractivity contribution in [2.24, 2.45) is 0 Å². The minimum atomic E-state index is -0.848. The van der Waals surface area contributed by atoms with Crippen LogP contribution in [0, 0.1) is 6.92 Å². The molecule has 1 aromatic heterocycles. The second-order valence-corrected chi connectivity index (χ2v) is 4.01. The van der Waals surface area contributed by atoms with Crippen molar-refractivity contribution in [3.63, 3.8) is 0 Å². The molecule has 2 aromatic rings. The van der Waals surface area contributed by atoms with Crippen molar-refractivity contribution in [3.8, 4) is 0 Å². The number of carboxylic acid groups (broad SMARTS) is 1. The maximum Gasteiger partial charge on any atom is 0.338 e. The molecule has 0 aliphatic carbocycles. The van der Waals surface area contributed by atoms with Crippen LogP contribution in [0.4, 0.5) is 0 Å². The summed E-state index contributed by atoms with van der Waals surface area (Å²) in [6.07, 6.45) is 2.96. The Kier molecular flexibility index (Phi) is 2.69. The highest BCUT2D eigenvalue weighted by atomic mass is 16.4. The van der Waals surface area contributed by atoms with Crippen molar-refractivity contribution in [1.82, 2.24) is 4.57 Å². The van der Waals surface area contributed by atoms with Gasteiger partial charge in [0.2, 0.25) is 0 Å². The predicted molar refractivity (Wildman–Crippen MR) is 63.9 cm³/mol. The smallest absolute Gasteiger partial charge is 0.338 e. The Morgan fingerprint density at radius 2 is 2.12 bits per heavy atom. The molecule has 0 spiro atoms. The highest BCUT2D eigenvalue weighted by Gasteiger charge is 2.14. The zero-order valence-electron chi connectivity index (χ0n) is 9.53. The first-order valence-corrected chi connectivity index (χ1v) is 5.47. The van der Waals surface area contributed by atoms with Gasteiger partial charge in [0, 0.05) is 18.1 Å². The minimum absolute atomic E-state index is 0.427. The van der Waals surface area contributed by atoms with Crippen LogP contribution < -0.4 is 0 Å². The summed E-state index contributed by atoms with van der Waals surface area (Å²) in [4.78, 5) is 11.3. The van der Waals surface area contributed by atoms with Crippen LogP contribution in [0.2, 0.25) is 0 Å². The lowest BCUT2D eigenvalue weighted by atomic mass is 10.1.